The monoisotopic (exact) mass is 370 g/mol. The van der Waals surface area contributed by atoms with Gasteiger partial charge in [-0.2, -0.15) is 5.10 Å². The van der Waals surface area contributed by atoms with Crippen molar-refractivity contribution in [2.24, 2.45) is 0 Å². The van der Waals surface area contributed by atoms with Crippen LogP contribution in [0.1, 0.15) is 22.9 Å². The van der Waals surface area contributed by atoms with Gasteiger partial charge >= 0.3 is 0 Å². The Balaban J connectivity index is 1.60. The molecule has 0 saturated carbocycles. The van der Waals surface area contributed by atoms with Crippen LogP contribution in [0.3, 0.4) is 0 Å². The lowest BCUT2D eigenvalue weighted by molar-refractivity contribution is -0.0244. The molecule has 8 nitrogen and oxygen atoms in total. The van der Waals surface area contributed by atoms with Crippen molar-refractivity contribution in [3.05, 3.63) is 59.5 Å². The molecule has 4 unspecified atom stereocenters. The van der Waals surface area contributed by atoms with E-state index in [0.717, 1.165) is 11.1 Å². The van der Waals surface area contributed by atoms with Crippen LogP contribution in [0.4, 0.5) is 5.82 Å². The number of hydrogen-bond donors (Lipinski definition) is 4. The van der Waals surface area contributed by atoms with Gasteiger partial charge < -0.3 is 25.4 Å². The minimum Gasteiger partial charge on any atom is -0.394 e. The predicted molar refractivity (Wildman–Crippen MR) is 98.2 cm³/mol. The molecule has 0 spiro atoms. The van der Waals surface area contributed by atoms with Crippen molar-refractivity contribution >= 4 is 11.3 Å². The zero-order valence-corrected chi connectivity index (χ0v) is 14.9. The van der Waals surface area contributed by atoms with Crippen molar-refractivity contribution in [2.75, 3.05) is 11.9 Å². The van der Waals surface area contributed by atoms with Crippen LogP contribution in [0.2, 0.25) is 0 Å². The van der Waals surface area contributed by atoms with E-state index in [-0.39, 0.29) is 6.61 Å². The fourth-order valence-electron chi connectivity index (χ4n) is 3.46. The number of aromatic nitrogens is 3. The number of nitrogens with one attached hydrogen (secondary N) is 1. The predicted octanol–water partition coefficient (Wildman–Crippen LogP) is 0.804. The first-order valence-corrected chi connectivity index (χ1v) is 8.83. The Morgan fingerprint density at radius 1 is 1.19 bits per heavy atom. The van der Waals surface area contributed by atoms with Gasteiger partial charge in [0.1, 0.15) is 36.3 Å². The number of fused-ring (bicyclic) bond motifs is 1. The van der Waals surface area contributed by atoms with E-state index in [0.29, 0.717) is 18.1 Å². The lowest BCUT2D eigenvalue weighted by atomic mass is 10.1. The van der Waals surface area contributed by atoms with Crippen molar-refractivity contribution in [1.82, 2.24) is 14.6 Å². The summed E-state index contributed by atoms with van der Waals surface area (Å²) in [5.74, 6) is 0.657. The van der Waals surface area contributed by atoms with Gasteiger partial charge in [-0.15, -0.1) is 0 Å². The van der Waals surface area contributed by atoms with Crippen LogP contribution in [-0.4, -0.2) is 54.8 Å². The topological polar surface area (TPSA) is 112 Å². The maximum absolute atomic E-state index is 10.3. The molecule has 3 aromatic rings. The molecule has 8 heteroatoms. The number of aliphatic hydroxyl groups is 3. The van der Waals surface area contributed by atoms with Crippen LogP contribution in [0.5, 0.6) is 0 Å². The molecule has 4 atom stereocenters. The summed E-state index contributed by atoms with van der Waals surface area (Å²) in [5, 5.41) is 37.1. The minimum absolute atomic E-state index is 0.365. The second-order valence-electron chi connectivity index (χ2n) is 6.77. The lowest BCUT2D eigenvalue weighted by Crippen LogP contribution is -2.32. The quantitative estimate of drug-likeness (QED) is 0.526. The maximum Gasteiger partial charge on any atom is 0.154 e. The van der Waals surface area contributed by atoms with E-state index in [1.807, 2.05) is 31.2 Å². The fourth-order valence-corrected chi connectivity index (χ4v) is 3.46. The van der Waals surface area contributed by atoms with Crippen LogP contribution in [0.25, 0.3) is 5.52 Å². The molecule has 0 bridgehead atoms. The fraction of sp³-hybridized carbons (Fsp3) is 0.368. The number of nitrogens with zero attached hydrogens (tertiary/aromatic N) is 3. The standard InChI is InChI=1S/C19H22N4O4/c1-11-3-2-4-12(7-11)8-20-19-14-6-5-13(23(14)22-10-21-19)18-17(26)16(25)15(9-24)27-18/h2-7,10,15-18,24-26H,8-9H2,1H3,(H,20,21,22). The van der Waals surface area contributed by atoms with Gasteiger partial charge in [-0.1, -0.05) is 29.8 Å². The highest BCUT2D eigenvalue weighted by atomic mass is 16.6. The molecular weight excluding hydrogens is 348 g/mol. The summed E-state index contributed by atoms with van der Waals surface area (Å²) in [7, 11) is 0. The Kier molecular flexibility index (Phi) is 4.79. The van der Waals surface area contributed by atoms with Gasteiger partial charge in [-0.25, -0.2) is 9.50 Å². The van der Waals surface area contributed by atoms with Gasteiger partial charge in [0.05, 0.1) is 12.3 Å². The second-order valence-corrected chi connectivity index (χ2v) is 6.77. The highest BCUT2D eigenvalue weighted by Gasteiger charge is 2.44. The van der Waals surface area contributed by atoms with Gasteiger partial charge in [-0.05, 0) is 24.6 Å². The summed E-state index contributed by atoms with van der Waals surface area (Å²) in [5.41, 5.74) is 3.66. The number of rotatable bonds is 5. The number of aryl methyl sites for hydroxylation is 1. The van der Waals surface area contributed by atoms with Crippen LogP contribution in [-0.2, 0) is 11.3 Å². The van der Waals surface area contributed by atoms with E-state index in [9.17, 15) is 15.3 Å². The van der Waals surface area contributed by atoms with Crippen LogP contribution >= 0.6 is 0 Å². The van der Waals surface area contributed by atoms with Gasteiger partial charge in [0.25, 0.3) is 0 Å². The van der Waals surface area contributed by atoms with E-state index < -0.39 is 24.4 Å². The number of anilines is 1. The molecule has 4 rings (SSSR count). The number of benzene rings is 1. The first kappa shape index (κ1) is 17.9. The van der Waals surface area contributed by atoms with E-state index in [1.54, 1.807) is 10.6 Å². The third kappa shape index (κ3) is 3.28. The molecule has 4 N–H and O–H groups in total. The van der Waals surface area contributed by atoms with Crippen molar-refractivity contribution in [3.63, 3.8) is 0 Å². The SMILES string of the molecule is Cc1cccc(CNc2ncnn3c(C4OC(CO)C(O)C4O)ccc23)c1. The van der Waals surface area contributed by atoms with Gasteiger partial charge in [0.2, 0.25) is 0 Å². The Hall–Kier alpha value is -2.52. The molecule has 0 amide bonds. The Morgan fingerprint density at radius 2 is 2.04 bits per heavy atom. The minimum atomic E-state index is -1.15. The third-order valence-corrected chi connectivity index (χ3v) is 4.86. The smallest absolute Gasteiger partial charge is 0.154 e. The van der Waals surface area contributed by atoms with E-state index in [4.69, 9.17) is 4.74 Å². The number of hydrogen-bond acceptors (Lipinski definition) is 7. The number of aliphatic hydroxyl groups excluding tert-OH is 3. The van der Waals surface area contributed by atoms with Crippen molar-refractivity contribution in [2.45, 2.75) is 37.9 Å². The van der Waals surface area contributed by atoms with Crippen molar-refractivity contribution in [1.29, 1.82) is 0 Å². The van der Waals surface area contributed by atoms with Crippen LogP contribution in [0.15, 0.2) is 42.7 Å². The maximum atomic E-state index is 10.3. The van der Waals surface area contributed by atoms with E-state index in [1.165, 1.54) is 11.9 Å². The lowest BCUT2D eigenvalue weighted by Gasteiger charge is -2.15. The summed E-state index contributed by atoms with van der Waals surface area (Å²) in [4.78, 5) is 4.31. The highest BCUT2D eigenvalue weighted by molar-refractivity contribution is 5.68. The molecular formula is C19H22N4O4. The van der Waals surface area contributed by atoms with Crippen molar-refractivity contribution in [3.8, 4) is 0 Å². The summed E-state index contributed by atoms with van der Waals surface area (Å²) in [6, 6.07) is 11.8. The Bertz CT molecular complexity index is 944. The second kappa shape index (κ2) is 7.24. The molecule has 2 aromatic heterocycles. The highest BCUT2D eigenvalue weighted by Crippen LogP contribution is 2.34. The summed E-state index contributed by atoms with van der Waals surface area (Å²) >= 11 is 0. The first-order valence-electron chi connectivity index (χ1n) is 8.83. The molecule has 0 aliphatic carbocycles. The average molecular weight is 370 g/mol. The Morgan fingerprint density at radius 3 is 2.78 bits per heavy atom. The average Bonchev–Trinajstić information content (AvgIpc) is 3.22. The summed E-state index contributed by atoms with van der Waals surface area (Å²) in [6.45, 7) is 2.30. The van der Waals surface area contributed by atoms with Crippen molar-refractivity contribution < 1.29 is 20.1 Å². The largest absolute Gasteiger partial charge is 0.394 e. The molecule has 1 saturated heterocycles. The van der Waals surface area contributed by atoms with Gasteiger partial charge in [0.15, 0.2) is 5.82 Å². The first-order chi connectivity index (χ1) is 13.1. The number of ether oxygens (including phenoxy) is 1. The zero-order valence-electron chi connectivity index (χ0n) is 14.9. The third-order valence-electron chi connectivity index (χ3n) is 4.86. The van der Waals surface area contributed by atoms with Crippen LogP contribution < -0.4 is 5.32 Å². The normalized spacial score (nSPS) is 25.2. The molecule has 27 heavy (non-hydrogen) atoms. The van der Waals surface area contributed by atoms with E-state index in [2.05, 4.69) is 21.5 Å². The molecule has 1 aliphatic rings. The molecule has 1 aromatic carbocycles. The molecule has 142 valence electrons. The molecule has 0 radical (unpaired) electrons. The molecule has 1 fully saturated rings. The molecule has 1 aliphatic heterocycles. The van der Waals surface area contributed by atoms with E-state index >= 15 is 0 Å². The Labute approximate surface area is 156 Å². The van der Waals surface area contributed by atoms with Gasteiger partial charge in [0, 0.05) is 6.54 Å². The van der Waals surface area contributed by atoms with Crippen LogP contribution in [0, 0.1) is 6.92 Å². The molecule has 3 heterocycles. The van der Waals surface area contributed by atoms with Gasteiger partial charge in [-0.3, -0.25) is 0 Å². The summed E-state index contributed by atoms with van der Waals surface area (Å²) in [6.07, 6.45) is -2.46. The summed E-state index contributed by atoms with van der Waals surface area (Å²) < 4.78 is 7.25. The zero-order chi connectivity index (χ0) is 19.0.